The number of rotatable bonds is 4. The van der Waals surface area contributed by atoms with Gasteiger partial charge in [0, 0.05) is 21.2 Å². The second-order valence-electron chi connectivity index (χ2n) is 7.61. The minimum Gasteiger partial charge on any atom is -0.464 e. The summed E-state index contributed by atoms with van der Waals surface area (Å²) in [4.78, 5) is 18.2. The predicted octanol–water partition coefficient (Wildman–Crippen LogP) is 7.45. The highest BCUT2D eigenvalue weighted by Gasteiger charge is 2.59. The standard InChI is InChI=1S/C24H17Cl2F3N2O3/c1-14-7-8-15(9-21(14)31(22(32)33)19-5-3-2-4-6-19)20-13-23(34-30-20,24(27,28)29)16-10-17(25)12-18(26)11-16/h2-13,30H,1H3,(H,32,33). The monoisotopic (exact) mass is 508 g/mol. The molecule has 10 heteroatoms. The van der Waals surface area contributed by atoms with Crippen LogP contribution in [0.25, 0.3) is 5.70 Å². The number of hydroxylamine groups is 1. The topological polar surface area (TPSA) is 61.8 Å². The van der Waals surface area contributed by atoms with E-state index in [0.717, 1.165) is 23.1 Å². The van der Waals surface area contributed by atoms with Crippen LogP contribution in [0.1, 0.15) is 16.7 Å². The van der Waals surface area contributed by atoms with Gasteiger partial charge in [-0.05, 0) is 55.0 Å². The van der Waals surface area contributed by atoms with Gasteiger partial charge in [0.1, 0.15) is 0 Å². The molecule has 0 aliphatic carbocycles. The summed E-state index contributed by atoms with van der Waals surface area (Å²) in [5.41, 5.74) is 0.780. The number of carbonyl (C=O) groups is 1. The molecule has 1 atom stereocenters. The summed E-state index contributed by atoms with van der Waals surface area (Å²) in [6.07, 6.45) is -5.22. The van der Waals surface area contributed by atoms with Gasteiger partial charge in [-0.3, -0.25) is 10.3 Å². The van der Waals surface area contributed by atoms with Crippen LogP contribution in [-0.2, 0) is 10.4 Å². The van der Waals surface area contributed by atoms with Crippen molar-refractivity contribution in [1.29, 1.82) is 0 Å². The molecule has 34 heavy (non-hydrogen) atoms. The van der Waals surface area contributed by atoms with Crippen molar-refractivity contribution in [1.82, 2.24) is 5.48 Å². The molecule has 1 aliphatic rings. The van der Waals surface area contributed by atoms with Crippen molar-refractivity contribution in [3.8, 4) is 0 Å². The number of halogens is 5. The van der Waals surface area contributed by atoms with Gasteiger partial charge in [0.15, 0.2) is 0 Å². The van der Waals surface area contributed by atoms with Crippen LogP contribution >= 0.6 is 23.2 Å². The average Bonchev–Trinajstić information content (AvgIpc) is 3.22. The van der Waals surface area contributed by atoms with Gasteiger partial charge in [-0.25, -0.2) is 9.69 Å². The second-order valence-corrected chi connectivity index (χ2v) is 8.48. The van der Waals surface area contributed by atoms with Crippen molar-refractivity contribution in [2.75, 3.05) is 4.90 Å². The SMILES string of the molecule is Cc1ccc(C2=CC(c3cc(Cl)cc(Cl)c3)(C(F)(F)F)ON2)cc1N(C(=O)O)c1ccccc1. The maximum absolute atomic E-state index is 14.3. The Morgan fingerprint density at radius 2 is 1.68 bits per heavy atom. The second kappa shape index (κ2) is 8.87. The molecule has 0 fully saturated rings. The van der Waals surface area contributed by atoms with E-state index in [1.165, 1.54) is 12.1 Å². The van der Waals surface area contributed by atoms with Crippen molar-refractivity contribution in [2.45, 2.75) is 18.7 Å². The highest BCUT2D eigenvalue weighted by Crippen LogP contribution is 2.48. The highest BCUT2D eigenvalue weighted by molar-refractivity contribution is 6.34. The van der Waals surface area contributed by atoms with Crippen LogP contribution in [0.4, 0.5) is 29.3 Å². The molecule has 176 valence electrons. The van der Waals surface area contributed by atoms with Gasteiger partial charge < -0.3 is 5.11 Å². The minimum atomic E-state index is -4.86. The van der Waals surface area contributed by atoms with E-state index in [0.29, 0.717) is 16.8 Å². The summed E-state index contributed by atoms with van der Waals surface area (Å²) in [6.45, 7) is 1.71. The lowest BCUT2D eigenvalue weighted by Crippen LogP contribution is -2.42. The lowest BCUT2D eigenvalue weighted by molar-refractivity contribution is -0.269. The Morgan fingerprint density at radius 1 is 1.03 bits per heavy atom. The van der Waals surface area contributed by atoms with Gasteiger partial charge in [-0.15, -0.1) is 0 Å². The van der Waals surface area contributed by atoms with Gasteiger partial charge in [0.25, 0.3) is 0 Å². The third-order valence-corrected chi connectivity index (χ3v) is 5.79. The van der Waals surface area contributed by atoms with E-state index >= 15 is 0 Å². The summed E-state index contributed by atoms with van der Waals surface area (Å²) in [5.74, 6) is 0. The van der Waals surface area contributed by atoms with Gasteiger partial charge >= 0.3 is 12.3 Å². The van der Waals surface area contributed by atoms with E-state index in [1.54, 1.807) is 49.4 Å². The molecule has 4 rings (SSSR count). The molecule has 0 spiro atoms. The number of anilines is 2. The number of alkyl halides is 3. The number of amides is 1. The Bertz CT molecular complexity index is 1260. The van der Waals surface area contributed by atoms with Gasteiger partial charge in [0.05, 0.1) is 17.1 Å². The van der Waals surface area contributed by atoms with Crippen LogP contribution in [0.5, 0.6) is 0 Å². The molecular formula is C24H17Cl2F3N2O3. The van der Waals surface area contributed by atoms with Crippen molar-refractivity contribution in [3.63, 3.8) is 0 Å². The molecular weight excluding hydrogens is 492 g/mol. The fourth-order valence-corrected chi connectivity index (χ4v) is 4.23. The number of para-hydroxylation sites is 1. The zero-order chi connectivity index (χ0) is 24.7. The summed E-state index contributed by atoms with van der Waals surface area (Å²) < 4.78 is 42.8. The highest BCUT2D eigenvalue weighted by atomic mass is 35.5. The van der Waals surface area contributed by atoms with E-state index in [2.05, 4.69) is 5.48 Å². The Morgan fingerprint density at radius 3 is 2.26 bits per heavy atom. The summed E-state index contributed by atoms with van der Waals surface area (Å²) in [5, 5.41) is 9.89. The van der Waals surface area contributed by atoms with Crippen LogP contribution < -0.4 is 10.4 Å². The van der Waals surface area contributed by atoms with E-state index < -0.39 is 17.9 Å². The van der Waals surface area contributed by atoms with Crippen molar-refractivity contribution >= 4 is 46.4 Å². The summed E-state index contributed by atoms with van der Waals surface area (Å²) >= 11 is 11.9. The number of nitrogens with one attached hydrogen (secondary N) is 1. The van der Waals surface area contributed by atoms with E-state index in [-0.39, 0.29) is 27.0 Å². The number of benzene rings is 3. The molecule has 3 aromatic rings. The first-order valence-corrected chi connectivity index (χ1v) is 10.7. The minimum absolute atomic E-state index is 0.00748. The zero-order valence-electron chi connectivity index (χ0n) is 17.5. The zero-order valence-corrected chi connectivity index (χ0v) is 19.0. The Balaban J connectivity index is 1.83. The van der Waals surface area contributed by atoms with Crippen LogP contribution in [0.2, 0.25) is 10.0 Å². The number of aryl methyl sites for hydroxylation is 1. The molecule has 1 amide bonds. The summed E-state index contributed by atoms with van der Waals surface area (Å²) in [6, 6.07) is 16.6. The lowest BCUT2D eigenvalue weighted by atomic mass is 9.91. The number of nitrogens with zero attached hydrogens (tertiary/aromatic N) is 1. The smallest absolute Gasteiger partial charge is 0.428 e. The molecule has 1 heterocycles. The lowest BCUT2D eigenvalue weighted by Gasteiger charge is -2.28. The molecule has 5 nitrogen and oxygen atoms in total. The van der Waals surface area contributed by atoms with E-state index in [4.69, 9.17) is 28.0 Å². The van der Waals surface area contributed by atoms with Gasteiger partial charge in [-0.1, -0.05) is 53.5 Å². The van der Waals surface area contributed by atoms with E-state index in [1.807, 2.05) is 0 Å². The van der Waals surface area contributed by atoms with Crippen LogP contribution in [0.15, 0.2) is 72.8 Å². The first-order valence-electron chi connectivity index (χ1n) is 9.91. The number of hydrogen-bond acceptors (Lipinski definition) is 3. The Kier molecular flexibility index (Phi) is 6.24. The predicted molar refractivity (Wildman–Crippen MR) is 124 cm³/mol. The maximum atomic E-state index is 14.3. The van der Waals surface area contributed by atoms with Crippen molar-refractivity contribution < 1.29 is 27.9 Å². The number of carboxylic acid groups (broad SMARTS) is 1. The Labute approximate surface area is 202 Å². The van der Waals surface area contributed by atoms with Gasteiger partial charge in [0.2, 0.25) is 5.60 Å². The summed E-state index contributed by atoms with van der Waals surface area (Å²) in [7, 11) is 0. The maximum Gasteiger partial charge on any atom is 0.428 e. The van der Waals surface area contributed by atoms with Gasteiger partial charge in [-0.2, -0.15) is 13.2 Å². The Hall–Kier alpha value is -3.20. The van der Waals surface area contributed by atoms with Crippen LogP contribution in [0, 0.1) is 6.92 Å². The largest absolute Gasteiger partial charge is 0.464 e. The third-order valence-electron chi connectivity index (χ3n) is 5.35. The average molecular weight is 509 g/mol. The molecule has 2 N–H and O–H groups in total. The molecule has 1 unspecified atom stereocenters. The molecule has 0 saturated carbocycles. The fourth-order valence-electron chi connectivity index (χ4n) is 3.70. The first-order chi connectivity index (χ1) is 16.0. The third kappa shape index (κ3) is 4.32. The molecule has 0 aromatic heterocycles. The van der Waals surface area contributed by atoms with E-state index in [9.17, 15) is 23.1 Å². The molecule has 1 aliphatic heterocycles. The van der Waals surface area contributed by atoms with Crippen LogP contribution in [-0.4, -0.2) is 17.4 Å². The molecule has 0 saturated heterocycles. The normalized spacial score (nSPS) is 17.8. The number of hydrogen-bond donors (Lipinski definition) is 2. The molecule has 0 radical (unpaired) electrons. The molecule has 3 aromatic carbocycles. The van der Waals surface area contributed by atoms with Crippen molar-refractivity contribution in [3.05, 3.63) is 99.5 Å². The van der Waals surface area contributed by atoms with Crippen LogP contribution in [0.3, 0.4) is 0 Å². The fraction of sp³-hybridized carbons (Fsp3) is 0.125. The molecule has 0 bridgehead atoms. The quantitative estimate of drug-likeness (QED) is 0.384. The first kappa shape index (κ1) is 23.9. The van der Waals surface area contributed by atoms with Crippen molar-refractivity contribution in [2.24, 2.45) is 0 Å².